The third-order valence-corrected chi connectivity index (χ3v) is 1.33. The Morgan fingerprint density at radius 1 is 1.75 bits per heavy atom. The number of carbonyl (C=O) groups excluding carboxylic acids is 1. The first-order chi connectivity index (χ1) is 5.70. The van der Waals surface area contributed by atoms with Crippen LogP contribution in [0.1, 0.15) is 20.3 Å². The van der Waals surface area contributed by atoms with Crippen LogP contribution in [0.3, 0.4) is 0 Å². The Hall–Kier alpha value is -1.01. The smallest absolute Gasteiger partial charge is 0.307 e. The lowest BCUT2D eigenvalue weighted by atomic mass is 10.3. The van der Waals surface area contributed by atoms with E-state index in [-0.39, 0.29) is 12.0 Å². The molecule has 0 amide bonds. The molecule has 0 saturated heterocycles. The summed E-state index contributed by atoms with van der Waals surface area (Å²) in [7, 11) is 0. The van der Waals surface area contributed by atoms with Crippen molar-refractivity contribution in [2.45, 2.75) is 26.3 Å². The van der Waals surface area contributed by atoms with Crippen molar-refractivity contribution in [2.24, 2.45) is 0 Å². The van der Waals surface area contributed by atoms with E-state index in [1.165, 1.54) is 0 Å². The molecule has 0 bridgehead atoms. The second-order valence-corrected chi connectivity index (χ2v) is 2.40. The predicted octanol–water partition coefficient (Wildman–Crippen LogP) is 0.551. The van der Waals surface area contributed by atoms with Gasteiger partial charge in [-0.1, -0.05) is 5.92 Å². The fraction of sp³-hybridized carbons (Fsp3) is 0.667. The Balaban J connectivity index is 3.32. The summed E-state index contributed by atoms with van der Waals surface area (Å²) in [4.78, 5) is 10.8. The first-order valence-corrected chi connectivity index (χ1v) is 4.05. The highest BCUT2D eigenvalue weighted by atomic mass is 16.5. The fourth-order valence-corrected chi connectivity index (χ4v) is 0.683. The molecule has 0 aliphatic carbocycles. The minimum atomic E-state index is -0.186. The van der Waals surface area contributed by atoms with Gasteiger partial charge in [-0.15, -0.1) is 6.42 Å². The Bertz CT molecular complexity index is 172. The molecule has 1 unspecified atom stereocenters. The monoisotopic (exact) mass is 169 g/mol. The van der Waals surface area contributed by atoms with Crippen LogP contribution in [0.5, 0.6) is 0 Å². The van der Waals surface area contributed by atoms with Gasteiger partial charge in [-0.05, 0) is 13.8 Å². The standard InChI is InChI=1S/C9H15NO2/c1-4-8(3)10-7-6-9(11)12-5-2/h1,8,10H,5-7H2,2-3H3. The number of terminal acetylenes is 1. The lowest BCUT2D eigenvalue weighted by molar-refractivity contribution is -0.142. The van der Waals surface area contributed by atoms with Crippen LogP contribution in [0.15, 0.2) is 0 Å². The third-order valence-electron chi connectivity index (χ3n) is 1.33. The molecule has 0 spiro atoms. The first-order valence-electron chi connectivity index (χ1n) is 4.05. The Labute approximate surface area is 73.5 Å². The molecule has 3 heteroatoms. The lowest BCUT2D eigenvalue weighted by Gasteiger charge is -2.06. The SMILES string of the molecule is C#CC(C)NCCC(=O)OCC. The van der Waals surface area contributed by atoms with Gasteiger partial charge < -0.3 is 10.1 Å². The van der Waals surface area contributed by atoms with Crippen molar-refractivity contribution < 1.29 is 9.53 Å². The van der Waals surface area contributed by atoms with Crippen LogP contribution < -0.4 is 5.32 Å². The van der Waals surface area contributed by atoms with Crippen LogP contribution in [0, 0.1) is 12.3 Å². The second-order valence-electron chi connectivity index (χ2n) is 2.40. The second kappa shape index (κ2) is 6.68. The number of hydrogen-bond acceptors (Lipinski definition) is 3. The van der Waals surface area contributed by atoms with E-state index in [1.807, 2.05) is 6.92 Å². The third kappa shape index (κ3) is 5.75. The highest BCUT2D eigenvalue weighted by Crippen LogP contribution is 1.85. The van der Waals surface area contributed by atoms with Gasteiger partial charge in [0.15, 0.2) is 0 Å². The topological polar surface area (TPSA) is 38.3 Å². The van der Waals surface area contributed by atoms with E-state index in [0.717, 1.165) is 0 Å². The average molecular weight is 169 g/mol. The van der Waals surface area contributed by atoms with Crippen LogP contribution in [0.4, 0.5) is 0 Å². The van der Waals surface area contributed by atoms with Gasteiger partial charge in [-0.2, -0.15) is 0 Å². The van der Waals surface area contributed by atoms with Gasteiger partial charge in [-0.3, -0.25) is 4.79 Å². The van der Waals surface area contributed by atoms with E-state index in [9.17, 15) is 4.79 Å². The quantitative estimate of drug-likeness (QED) is 0.482. The van der Waals surface area contributed by atoms with Crippen LogP contribution in [0.2, 0.25) is 0 Å². The summed E-state index contributed by atoms with van der Waals surface area (Å²) < 4.78 is 4.73. The van der Waals surface area contributed by atoms with Gasteiger partial charge in [0.1, 0.15) is 0 Å². The van der Waals surface area contributed by atoms with Gasteiger partial charge in [0.2, 0.25) is 0 Å². The Morgan fingerprint density at radius 2 is 2.42 bits per heavy atom. The van der Waals surface area contributed by atoms with Gasteiger partial charge in [0, 0.05) is 6.54 Å². The van der Waals surface area contributed by atoms with Crippen LogP contribution in [-0.2, 0) is 9.53 Å². The zero-order valence-electron chi connectivity index (χ0n) is 7.59. The number of rotatable bonds is 5. The maximum atomic E-state index is 10.8. The number of esters is 1. The summed E-state index contributed by atoms with van der Waals surface area (Å²) in [5.74, 6) is 2.32. The van der Waals surface area contributed by atoms with Crippen LogP contribution >= 0.6 is 0 Å². The van der Waals surface area contributed by atoms with Crippen molar-refractivity contribution in [1.29, 1.82) is 0 Å². The molecule has 3 nitrogen and oxygen atoms in total. The predicted molar refractivity (Wildman–Crippen MR) is 47.5 cm³/mol. The Kier molecular flexibility index (Phi) is 6.12. The van der Waals surface area contributed by atoms with E-state index in [1.54, 1.807) is 6.92 Å². The zero-order valence-corrected chi connectivity index (χ0v) is 7.59. The molecule has 1 N–H and O–H groups in total. The maximum Gasteiger partial charge on any atom is 0.307 e. The molecule has 1 atom stereocenters. The number of nitrogens with one attached hydrogen (secondary N) is 1. The summed E-state index contributed by atoms with van der Waals surface area (Å²) in [6, 6.07) is 0.0134. The molecule has 68 valence electrons. The minimum Gasteiger partial charge on any atom is -0.466 e. The molecule has 0 aromatic rings. The van der Waals surface area contributed by atoms with Gasteiger partial charge >= 0.3 is 5.97 Å². The molecule has 12 heavy (non-hydrogen) atoms. The summed E-state index contributed by atoms with van der Waals surface area (Å²) in [5, 5.41) is 2.98. The van der Waals surface area contributed by atoms with Crippen molar-refractivity contribution in [2.75, 3.05) is 13.2 Å². The van der Waals surface area contributed by atoms with Crippen LogP contribution in [0.25, 0.3) is 0 Å². The highest BCUT2D eigenvalue weighted by Gasteiger charge is 2.01. The summed E-state index contributed by atoms with van der Waals surface area (Å²) >= 11 is 0. The molecule has 0 heterocycles. The van der Waals surface area contributed by atoms with Crippen molar-refractivity contribution in [1.82, 2.24) is 5.32 Å². The molecule has 0 rings (SSSR count). The molecule has 0 saturated carbocycles. The number of ether oxygens (including phenoxy) is 1. The van der Waals surface area contributed by atoms with Gasteiger partial charge in [0.25, 0.3) is 0 Å². The number of hydrogen-bond donors (Lipinski definition) is 1. The molecule has 0 radical (unpaired) electrons. The molecular weight excluding hydrogens is 154 g/mol. The van der Waals surface area contributed by atoms with Crippen molar-refractivity contribution >= 4 is 5.97 Å². The molecular formula is C9H15NO2. The van der Waals surface area contributed by atoms with E-state index in [2.05, 4.69) is 11.2 Å². The molecule has 0 aromatic heterocycles. The first kappa shape index (κ1) is 11.0. The molecule has 0 aromatic carbocycles. The van der Waals surface area contributed by atoms with Crippen LogP contribution in [-0.4, -0.2) is 25.2 Å². The molecule has 0 aliphatic rings. The van der Waals surface area contributed by atoms with E-state index in [0.29, 0.717) is 19.6 Å². The normalized spacial score (nSPS) is 11.8. The van der Waals surface area contributed by atoms with E-state index < -0.39 is 0 Å². The van der Waals surface area contributed by atoms with Gasteiger partial charge in [0.05, 0.1) is 19.1 Å². The fourth-order valence-electron chi connectivity index (χ4n) is 0.683. The van der Waals surface area contributed by atoms with Gasteiger partial charge in [-0.25, -0.2) is 0 Å². The summed E-state index contributed by atoms with van der Waals surface area (Å²) in [6.45, 7) is 4.66. The lowest BCUT2D eigenvalue weighted by Crippen LogP contribution is -2.27. The number of carbonyl (C=O) groups is 1. The average Bonchev–Trinajstić information content (AvgIpc) is 2.04. The summed E-state index contributed by atoms with van der Waals surface area (Å²) in [6.07, 6.45) is 5.49. The zero-order chi connectivity index (χ0) is 9.40. The largest absolute Gasteiger partial charge is 0.466 e. The minimum absolute atomic E-state index is 0.0134. The molecule has 0 aliphatic heterocycles. The van der Waals surface area contributed by atoms with Crippen molar-refractivity contribution in [3.05, 3.63) is 0 Å². The van der Waals surface area contributed by atoms with Crippen molar-refractivity contribution in [3.63, 3.8) is 0 Å². The maximum absolute atomic E-state index is 10.8. The van der Waals surface area contributed by atoms with Crippen molar-refractivity contribution in [3.8, 4) is 12.3 Å². The summed E-state index contributed by atoms with van der Waals surface area (Å²) in [5.41, 5.74) is 0. The van der Waals surface area contributed by atoms with E-state index in [4.69, 9.17) is 11.2 Å². The van der Waals surface area contributed by atoms with E-state index >= 15 is 0 Å². The Morgan fingerprint density at radius 3 is 2.92 bits per heavy atom. The highest BCUT2D eigenvalue weighted by molar-refractivity contribution is 5.69. The molecule has 0 fully saturated rings.